The monoisotopic (exact) mass is 313 g/mol. The number of methoxy groups -OCH3 is 1. The molecule has 1 aliphatic heterocycles. The summed E-state index contributed by atoms with van der Waals surface area (Å²) in [5.74, 6) is -0.260. The van der Waals surface area contributed by atoms with E-state index < -0.39 is 0 Å². The van der Waals surface area contributed by atoms with Gasteiger partial charge in [0.25, 0.3) is 0 Å². The number of nitrogens with zero attached hydrogens (tertiary/aromatic N) is 1. The summed E-state index contributed by atoms with van der Waals surface area (Å²) in [5, 5.41) is 1.32. The molecule has 0 N–H and O–H groups in total. The molecule has 0 bridgehead atoms. The largest absolute Gasteiger partial charge is 0.465 e. The Hall–Kier alpha value is -1.81. The molecule has 4 rings (SSSR count). The first-order valence-electron chi connectivity index (χ1n) is 8.61. The molecule has 2 aromatic rings. The van der Waals surface area contributed by atoms with Crippen molar-refractivity contribution in [2.75, 3.05) is 20.3 Å². The minimum Gasteiger partial charge on any atom is -0.465 e. The van der Waals surface area contributed by atoms with Crippen molar-refractivity contribution in [1.82, 2.24) is 4.57 Å². The summed E-state index contributed by atoms with van der Waals surface area (Å²) in [6.45, 7) is 1.66. The van der Waals surface area contributed by atoms with Crippen LogP contribution in [0.3, 0.4) is 0 Å². The van der Waals surface area contributed by atoms with Gasteiger partial charge in [-0.1, -0.05) is 6.07 Å². The topological polar surface area (TPSA) is 40.5 Å². The number of benzene rings is 1. The highest BCUT2D eigenvalue weighted by Crippen LogP contribution is 2.37. The van der Waals surface area contributed by atoms with E-state index >= 15 is 0 Å². The summed E-state index contributed by atoms with van der Waals surface area (Å²) in [4.78, 5) is 11.9. The van der Waals surface area contributed by atoms with E-state index in [9.17, 15) is 4.79 Å². The second kappa shape index (κ2) is 6.00. The molecule has 4 nitrogen and oxygen atoms in total. The number of hydrogen-bond acceptors (Lipinski definition) is 3. The smallest absolute Gasteiger partial charge is 0.337 e. The maximum atomic E-state index is 11.9. The first-order valence-corrected chi connectivity index (χ1v) is 8.61. The van der Waals surface area contributed by atoms with Crippen LogP contribution in [0.4, 0.5) is 0 Å². The lowest BCUT2D eigenvalue weighted by molar-refractivity contribution is 0.0600. The molecule has 1 fully saturated rings. The van der Waals surface area contributed by atoms with Crippen LogP contribution in [-0.4, -0.2) is 30.9 Å². The van der Waals surface area contributed by atoms with E-state index in [2.05, 4.69) is 10.6 Å². The normalized spacial score (nSPS) is 18.8. The van der Waals surface area contributed by atoms with Crippen LogP contribution in [0.1, 0.15) is 53.3 Å². The lowest BCUT2D eigenvalue weighted by Gasteiger charge is -2.28. The van der Waals surface area contributed by atoms with Crippen molar-refractivity contribution < 1.29 is 14.3 Å². The van der Waals surface area contributed by atoms with Crippen LogP contribution in [0.5, 0.6) is 0 Å². The third-order valence-corrected chi connectivity index (χ3v) is 5.29. The number of ether oxygens (including phenoxy) is 2. The van der Waals surface area contributed by atoms with Gasteiger partial charge < -0.3 is 14.0 Å². The SMILES string of the molecule is COC(=O)c1ccc2c3c(n(C4CCOCC4)c2c1)CCCC3. The number of rotatable bonds is 2. The van der Waals surface area contributed by atoms with Crippen LogP contribution < -0.4 is 0 Å². The van der Waals surface area contributed by atoms with Crippen LogP contribution in [0.15, 0.2) is 18.2 Å². The third-order valence-electron chi connectivity index (χ3n) is 5.29. The first-order chi connectivity index (χ1) is 11.3. The summed E-state index contributed by atoms with van der Waals surface area (Å²) >= 11 is 0. The van der Waals surface area contributed by atoms with Crippen molar-refractivity contribution in [2.24, 2.45) is 0 Å². The average molecular weight is 313 g/mol. The van der Waals surface area contributed by atoms with E-state index in [4.69, 9.17) is 9.47 Å². The van der Waals surface area contributed by atoms with Crippen LogP contribution >= 0.6 is 0 Å². The van der Waals surface area contributed by atoms with Gasteiger partial charge in [-0.25, -0.2) is 4.79 Å². The number of esters is 1. The second-order valence-electron chi connectivity index (χ2n) is 6.57. The zero-order chi connectivity index (χ0) is 15.8. The van der Waals surface area contributed by atoms with Gasteiger partial charge in [0, 0.05) is 35.9 Å². The molecule has 1 saturated heterocycles. The van der Waals surface area contributed by atoms with Crippen molar-refractivity contribution in [1.29, 1.82) is 0 Å². The zero-order valence-corrected chi connectivity index (χ0v) is 13.6. The predicted molar refractivity (Wildman–Crippen MR) is 89.0 cm³/mol. The van der Waals surface area contributed by atoms with Crippen LogP contribution in [0, 0.1) is 0 Å². The first kappa shape index (κ1) is 14.8. The van der Waals surface area contributed by atoms with Crippen LogP contribution in [-0.2, 0) is 22.3 Å². The fourth-order valence-electron chi connectivity index (χ4n) is 4.18. The molecule has 2 aliphatic rings. The van der Waals surface area contributed by atoms with Gasteiger partial charge in [0.15, 0.2) is 0 Å². The van der Waals surface area contributed by atoms with E-state index in [-0.39, 0.29) is 5.97 Å². The molecule has 1 aromatic heterocycles. The highest BCUT2D eigenvalue weighted by atomic mass is 16.5. The molecule has 1 aliphatic carbocycles. The molecular weight excluding hydrogens is 290 g/mol. The third kappa shape index (κ3) is 2.45. The summed E-state index contributed by atoms with van der Waals surface area (Å²) in [6.07, 6.45) is 6.93. The van der Waals surface area contributed by atoms with Crippen molar-refractivity contribution in [3.8, 4) is 0 Å². The Bertz CT molecular complexity index is 741. The summed E-state index contributed by atoms with van der Waals surface area (Å²) in [6, 6.07) is 6.52. The molecule has 0 radical (unpaired) electrons. The van der Waals surface area contributed by atoms with Crippen LogP contribution in [0.2, 0.25) is 0 Å². The van der Waals surface area contributed by atoms with Gasteiger partial charge in [-0.2, -0.15) is 0 Å². The molecule has 0 amide bonds. The van der Waals surface area contributed by atoms with Gasteiger partial charge in [-0.05, 0) is 56.2 Å². The molecule has 0 atom stereocenters. The number of carbonyl (C=O) groups is 1. The van der Waals surface area contributed by atoms with E-state index in [0.717, 1.165) is 38.9 Å². The molecule has 23 heavy (non-hydrogen) atoms. The van der Waals surface area contributed by atoms with Crippen molar-refractivity contribution in [3.63, 3.8) is 0 Å². The average Bonchev–Trinajstić information content (AvgIpc) is 2.95. The Morgan fingerprint density at radius 2 is 2.00 bits per heavy atom. The Balaban J connectivity index is 1.91. The standard InChI is InChI=1S/C19H23NO3/c1-22-19(21)13-6-7-16-15-4-2-3-5-17(15)20(18(16)12-13)14-8-10-23-11-9-14/h6-7,12,14H,2-5,8-11H2,1H3. The van der Waals surface area contributed by atoms with Gasteiger partial charge in [-0.3, -0.25) is 0 Å². The predicted octanol–water partition coefficient (Wildman–Crippen LogP) is 3.66. The molecule has 0 unspecified atom stereocenters. The highest BCUT2D eigenvalue weighted by Gasteiger charge is 2.26. The summed E-state index contributed by atoms with van der Waals surface area (Å²) in [5.41, 5.74) is 4.82. The van der Waals surface area contributed by atoms with E-state index in [0.29, 0.717) is 11.6 Å². The van der Waals surface area contributed by atoms with Gasteiger partial charge in [-0.15, -0.1) is 0 Å². The van der Waals surface area contributed by atoms with Crippen molar-refractivity contribution in [2.45, 2.75) is 44.6 Å². The number of hydrogen-bond donors (Lipinski definition) is 0. The van der Waals surface area contributed by atoms with Gasteiger partial charge in [0.1, 0.15) is 0 Å². The molecule has 122 valence electrons. The lowest BCUT2D eigenvalue weighted by atomic mass is 9.95. The molecule has 2 heterocycles. The second-order valence-corrected chi connectivity index (χ2v) is 6.57. The fraction of sp³-hybridized carbons (Fsp3) is 0.526. The van der Waals surface area contributed by atoms with Crippen molar-refractivity contribution >= 4 is 16.9 Å². The number of aryl methyl sites for hydroxylation is 1. The number of carbonyl (C=O) groups excluding carboxylic acids is 1. The molecule has 0 saturated carbocycles. The minimum absolute atomic E-state index is 0.260. The van der Waals surface area contributed by atoms with Gasteiger partial charge >= 0.3 is 5.97 Å². The fourth-order valence-corrected chi connectivity index (χ4v) is 4.18. The van der Waals surface area contributed by atoms with Crippen LogP contribution in [0.25, 0.3) is 10.9 Å². The van der Waals surface area contributed by atoms with Gasteiger partial charge in [0.2, 0.25) is 0 Å². The van der Waals surface area contributed by atoms with E-state index in [1.165, 1.54) is 42.1 Å². The minimum atomic E-state index is -0.260. The van der Waals surface area contributed by atoms with Crippen molar-refractivity contribution in [3.05, 3.63) is 35.0 Å². The number of aromatic nitrogens is 1. The highest BCUT2D eigenvalue weighted by molar-refractivity contribution is 5.96. The number of fused-ring (bicyclic) bond motifs is 3. The Kier molecular flexibility index (Phi) is 3.85. The maximum absolute atomic E-state index is 11.9. The molecule has 4 heteroatoms. The summed E-state index contributed by atoms with van der Waals surface area (Å²) in [7, 11) is 1.44. The van der Waals surface area contributed by atoms with E-state index in [1.807, 2.05) is 12.1 Å². The van der Waals surface area contributed by atoms with E-state index in [1.54, 1.807) is 0 Å². The van der Waals surface area contributed by atoms with Gasteiger partial charge in [0.05, 0.1) is 12.7 Å². The Morgan fingerprint density at radius 1 is 1.22 bits per heavy atom. The zero-order valence-electron chi connectivity index (χ0n) is 13.6. The molecular formula is C19H23NO3. The molecule has 0 spiro atoms. The Morgan fingerprint density at radius 3 is 2.78 bits per heavy atom. The lowest BCUT2D eigenvalue weighted by Crippen LogP contribution is -2.22. The summed E-state index contributed by atoms with van der Waals surface area (Å²) < 4.78 is 13.0. The maximum Gasteiger partial charge on any atom is 0.337 e. The quantitative estimate of drug-likeness (QED) is 0.795. The molecule has 1 aromatic carbocycles. The Labute approximate surface area is 136 Å².